The third-order valence-electron chi connectivity index (χ3n) is 3.63. The molecule has 0 bridgehead atoms. The minimum absolute atomic E-state index is 0.789. The first kappa shape index (κ1) is 8.55. The molecule has 2 rings (SSSR count). The van der Waals surface area contributed by atoms with E-state index in [1.54, 1.807) is 0 Å². The van der Waals surface area contributed by atoms with Gasteiger partial charge in [0.25, 0.3) is 0 Å². The Morgan fingerprint density at radius 1 is 0.917 bits per heavy atom. The van der Waals surface area contributed by atoms with Gasteiger partial charge in [-0.1, -0.05) is 19.3 Å². The van der Waals surface area contributed by atoms with Crippen molar-refractivity contribution in [1.82, 2.24) is 5.32 Å². The molecule has 1 heterocycles. The van der Waals surface area contributed by atoms with Crippen molar-refractivity contribution in [2.24, 2.45) is 5.92 Å². The van der Waals surface area contributed by atoms with Crippen molar-refractivity contribution in [1.29, 1.82) is 0 Å². The summed E-state index contributed by atoms with van der Waals surface area (Å²) < 4.78 is 0. The number of hydrogen-bond donors (Lipinski definition) is 1. The summed E-state index contributed by atoms with van der Waals surface area (Å²) in [6.07, 6.45) is 10.3. The molecule has 1 heteroatoms. The van der Waals surface area contributed by atoms with Crippen LogP contribution in [0, 0.1) is 5.92 Å². The molecule has 2 atom stereocenters. The SMILES string of the molecule is CC1CCC(C2CCCCC2)N1. The molecule has 1 N–H and O–H groups in total. The fraction of sp³-hybridized carbons (Fsp3) is 1.00. The van der Waals surface area contributed by atoms with Crippen molar-refractivity contribution in [3.63, 3.8) is 0 Å². The van der Waals surface area contributed by atoms with E-state index in [9.17, 15) is 0 Å². The van der Waals surface area contributed by atoms with Crippen LogP contribution in [0.1, 0.15) is 51.9 Å². The van der Waals surface area contributed by atoms with Gasteiger partial charge >= 0.3 is 0 Å². The van der Waals surface area contributed by atoms with Gasteiger partial charge in [0.05, 0.1) is 0 Å². The molecule has 2 fully saturated rings. The fourth-order valence-electron chi connectivity index (χ4n) is 2.87. The zero-order chi connectivity index (χ0) is 8.39. The summed E-state index contributed by atoms with van der Waals surface area (Å²) >= 11 is 0. The zero-order valence-electron chi connectivity index (χ0n) is 8.18. The van der Waals surface area contributed by atoms with Crippen molar-refractivity contribution >= 4 is 0 Å². The van der Waals surface area contributed by atoms with Crippen LogP contribution in [-0.4, -0.2) is 12.1 Å². The van der Waals surface area contributed by atoms with E-state index in [0.29, 0.717) is 0 Å². The van der Waals surface area contributed by atoms with E-state index in [2.05, 4.69) is 12.2 Å². The second-order valence-corrected chi connectivity index (χ2v) is 4.65. The van der Waals surface area contributed by atoms with Crippen LogP contribution in [0.4, 0.5) is 0 Å². The van der Waals surface area contributed by atoms with E-state index in [-0.39, 0.29) is 0 Å². The predicted octanol–water partition coefficient (Wildman–Crippen LogP) is 2.71. The number of nitrogens with one attached hydrogen (secondary N) is 1. The van der Waals surface area contributed by atoms with Crippen molar-refractivity contribution in [2.45, 2.75) is 64.0 Å². The van der Waals surface area contributed by atoms with Crippen LogP contribution in [-0.2, 0) is 0 Å². The Morgan fingerprint density at radius 3 is 2.25 bits per heavy atom. The second kappa shape index (κ2) is 3.78. The monoisotopic (exact) mass is 167 g/mol. The van der Waals surface area contributed by atoms with Gasteiger partial charge < -0.3 is 5.32 Å². The molecule has 2 aliphatic rings. The first-order chi connectivity index (χ1) is 5.86. The van der Waals surface area contributed by atoms with E-state index in [4.69, 9.17) is 0 Å². The minimum Gasteiger partial charge on any atom is -0.311 e. The fourth-order valence-corrected chi connectivity index (χ4v) is 2.87. The Kier molecular flexibility index (Phi) is 2.69. The van der Waals surface area contributed by atoms with Crippen LogP contribution in [0.3, 0.4) is 0 Å². The van der Waals surface area contributed by atoms with Crippen LogP contribution < -0.4 is 5.32 Å². The van der Waals surface area contributed by atoms with Gasteiger partial charge in [-0.2, -0.15) is 0 Å². The highest BCUT2D eigenvalue weighted by molar-refractivity contribution is 4.87. The lowest BCUT2D eigenvalue weighted by Crippen LogP contribution is -2.34. The minimum atomic E-state index is 0.789. The maximum atomic E-state index is 3.72. The Bertz CT molecular complexity index is 135. The molecule has 0 amide bonds. The van der Waals surface area contributed by atoms with E-state index >= 15 is 0 Å². The van der Waals surface area contributed by atoms with Crippen LogP contribution in [0.5, 0.6) is 0 Å². The zero-order valence-corrected chi connectivity index (χ0v) is 8.18. The highest BCUT2D eigenvalue weighted by Crippen LogP contribution is 2.31. The Labute approximate surface area is 75.9 Å². The van der Waals surface area contributed by atoms with Gasteiger partial charge in [0.1, 0.15) is 0 Å². The summed E-state index contributed by atoms with van der Waals surface area (Å²) in [6.45, 7) is 2.32. The van der Waals surface area contributed by atoms with Crippen LogP contribution >= 0.6 is 0 Å². The predicted molar refractivity (Wildman–Crippen MR) is 52.2 cm³/mol. The Hall–Kier alpha value is -0.0400. The molecule has 0 radical (unpaired) electrons. The van der Waals surface area contributed by atoms with Crippen molar-refractivity contribution < 1.29 is 0 Å². The highest BCUT2D eigenvalue weighted by atomic mass is 15.0. The van der Waals surface area contributed by atoms with Gasteiger partial charge in [-0.15, -0.1) is 0 Å². The van der Waals surface area contributed by atoms with Crippen LogP contribution in [0.2, 0.25) is 0 Å². The average molecular weight is 167 g/mol. The standard InChI is InChI=1S/C11H21N/c1-9-7-8-11(12-9)10-5-3-2-4-6-10/h9-12H,2-8H2,1H3. The van der Waals surface area contributed by atoms with E-state index in [1.165, 1.54) is 44.9 Å². The maximum Gasteiger partial charge on any atom is 0.00983 e. The summed E-state index contributed by atoms with van der Waals surface area (Å²) in [7, 11) is 0. The normalized spacial score (nSPS) is 38.8. The third-order valence-corrected chi connectivity index (χ3v) is 3.63. The number of hydrogen-bond acceptors (Lipinski definition) is 1. The molecule has 2 unspecified atom stereocenters. The molecular weight excluding hydrogens is 146 g/mol. The van der Waals surface area contributed by atoms with Gasteiger partial charge in [-0.05, 0) is 38.5 Å². The van der Waals surface area contributed by atoms with Gasteiger partial charge in [0, 0.05) is 12.1 Å². The van der Waals surface area contributed by atoms with Gasteiger partial charge in [0.2, 0.25) is 0 Å². The van der Waals surface area contributed by atoms with Crippen molar-refractivity contribution in [3.05, 3.63) is 0 Å². The highest BCUT2D eigenvalue weighted by Gasteiger charge is 2.28. The molecule has 1 aliphatic heterocycles. The van der Waals surface area contributed by atoms with Crippen LogP contribution in [0.15, 0.2) is 0 Å². The summed E-state index contributed by atoms with van der Waals surface area (Å²) in [6, 6.07) is 1.66. The maximum absolute atomic E-state index is 3.72. The molecular formula is C11H21N. The summed E-state index contributed by atoms with van der Waals surface area (Å²) in [5.74, 6) is 1.02. The molecule has 70 valence electrons. The molecule has 1 aliphatic carbocycles. The molecule has 0 aromatic rings. The van der Waals surface area contributed by atoms with E-state index in [0.717, 1.165) is 18.0 Å². The van der Waals surface area contributed by atoms with Gasteiger partial charge in [0.15, 0.2) is 0 Å². The largest absolute Gasteiger partial charge is 0.311 e. The van der Waals surface area contributed by atoms with E-state index in [1.807, 2.05) is 0 Å². The first-order valence-electron chi connectivity index (χ1n) is 5.62. The molecule has 0 spiro atoms. The molecule has 1 nitrogen and oxygen atoms in total. The third kappa shape index (κ3) is 1.82. The Morgan fingerprint density at radius 2 is 1.67 bits per heavy atom. The lowest BCUT2D eigenvalue weighted by atomic mass is 9.83. The second-order valence-electron chi connectivity index (χ2n) is 4.65. The van der Waals surface area contributed by atoms with Crippen molar-refractivity contribution in [3.8, 4) is 0 Å². The lowest BCUT2D eigenvalue weighted by molar-refractivity contribution is 0.283. The molecule has 1 saturated carbocycles. The Balaban J connectivity index is 1.83. The number of rotatable bonds is 1. The van der Waals surface area contributed by atoms with Crippen LogP contribution in [0.25, 0.3) is 0 Å². The van der Waals surface area contributed by atoms with Crippen molar-refractivity contribution in [2.75, 3.05) is 0 Å². The van der Waals surface area contributed by atoms with E-state index < -0.39 is 0 Å². The molecule has 0 aromatic heterocycles. The molecule has 12 heavy (non-hydrogen) atoms. The van der Waals surface area contributed by atoms with Gasteiger partial charge in [-0.3, -0.25) is 0 Å². The molecule has 1 saturated heterocycles. The summed E-state index contributed by atoms with van der Waals surface area (Å²) in [5, 5.41) is 3.72. The van der Waals surface area contributed by atoms with Gasteiger partial charge in [-0.25, -0.2) is 0 Å². The average Bonchev–Trinajstić information content (AvgIpc) is 2.54. The smallest absolute Gasteiger partial charge is 0.00983 e. The first-order valence-corrected chi connectivity index (χ1v) is 5.62. The topological polar surface area (TPSA) is 12.0 Å². The summed E-state index contributed by atoms with van der Waals surface area (Å²) in [5.41, 5.74) is 0. The lowest BCUT2D eigenvalue weighted by Gasteiger charge is -2.27. The quantitative estimate of drug-likeness (QED) is 0.633. The molecule has 0 aromatic carbocycles. The summed E-state index contributed by atoms with van der Waals surface area (Å²) in [4.78, 5) is 0.